The minimum Gasteiger partial charge on any atom is -0.488 e. The second kappa shape index (κ2) is 7.08. The van der Waals surface area contributed by atoms with Crippen LogP contribution in [0.1, 0.15) is 11.1 Å². The van der Waals surface area contributed by atoms with Gasteiger partial charge in [0.25, 0.3) is 0 Å². The fourth-order valence-electron chi connectivity index (χ4n) is 1.75. The third-order valence-electron chi connectivity index (χ3n) is 2.72. The van der Waals surface area contributed by atoms with Gasteiger partial charge in [0.05, 0.1) is 4.47 Å². The van der Waals surface area contributed by atoms with Gasteiger partial charge in [-0.15, -0.1) is 0 Å². The second-order valence-corrected chi connectivity index (χ2v) is 5.88. The van der Waals surface area contributed by atoms with Crippen LogP contribution in [0.2, 0.25) is 0 Å². The molecule has 0 amide bonds. The molecule has 0 saturated heterocycles. The maximum absolute atomic E-state index is 5.84. The molecule has 0 spiro atoms. The highest BCUT2D eigenvalue weighted by molar-refractivity contribution is 9.10. The molecule has 0 heterocycles. The predicted molar refractivity (Wildman–Crippen MR) is 85.4 cm³/mol. The molecule has 0 bridgehead atoms. The van der Waals surface area contributed by atoms with Crippen molar-refractivity contribution in [3.63, 3.8) is 0 Å². The largest absolute Gasteiger partial charge is 0.488 e. The van der Waals surface area contributed by atoms with Gasteiger partial charge in [-0.25, -0.2) is 0 Å². The van der Waals surface area contributed by atoms with Crippen molar-refractivity contribution < 1.29 is 4.74 Å². The fourth-order valence-corrected chi connectivity index (χ4v) is 2.69. The SMILES string of the molecule is CNCc1ccc(OCc2ccccc2Br)c(Br)c1. The Bertz CT molecular complexity index is 558. The van der Waals surface area contributed by atoms with Crippen LogP contribution in [-0.2, 0) is 13.2 Å². The summed E-state index contributed by atoms with van der Waals surface area (Å²) in [6.07, 6.45) is 0. The van der Waals surface area contributed by atoms with Crippen molar-refractivity contribution in [3.05, 3.63) is 62.5 Å². The zero-order chi connectivity index (χ0) is 13.7. The predicted octanol–water partition coefficient (Wildman–Crippen LogP) is 4.51. The molecule has 0 fully saturated rings. The molecule has 0 aliphatic rings. The van der Waals surface area contributed by atoms with E-state index < -0.39 is 0 Å². The number of hydrogen-bond donors (Lipinski definition) is 1. The Morgan fingerprint density at radius 2 is 1.84 bits per heavy atom. The van der Waals surface area contributed by atoms with E-state index in [9.17, 15) is 0 Å². The Morgan fingerprint density at radius 1 is 1.05 bits per heavy atom. The van der Waals surface area contributed by atoms with Crippen molar-refractivity contribution in [2.45, 2.75) is 13.2 Å². The lowest BCUT2D eigenvalue weighted by atomic mass is 10.2. The van der Waals surface area contributed by atoms with Gasteiger partial charge in [0.1, 0.15) is 12.4 Å². The highest BCUT2D eigenvalue weighted by Gasteiger charge is 2.04. The summed E-state index contributed by atoms with van der Waals surface area (Å²) in [5.74, 6) is 0.857. The molecule has 19 heavy (non-hydrogen) atoms. The van der Waals surface area contributed by atoms with Gasteiger partial charge in [0.15, 0.2) is 0 Å². The van der Waals surface area contributed by atoms with Crippen LogP contribution in [0.25, 0.3) is 0 Å². The normalized spacial score (nSPS) is 10.5. The quantitative estimate of drug-likeness (QED) is 0.818. The second-order valence-electron chi connectivity index (χ2n) is 4.18. The van der Waals surface area contributed by atoms with Crippen LogP contribution in [0.3, 0.4) is 0 Å². The van der Waals surface area contributed by atoms with Crippen LogP contribution in [0.5, 0.6) is 5.75 Å². The summed E-state index contributed by atoms with van der Waals surface area (Å²) in [7, 11) is 1.94. The fraction of sp³-hybridized carbons (Fsp3) is 0.200. The monoisotopic (exact) mass is 383 g/mol. The zero-order valence-electron chi connectivity index (χ0n) is 10.6. The summed E-state index contributed by atoms with van der Waals surface area (Å²) in [5.41, 5.74) is 2.36. The Labute approximate surface area is 130 Å². The summed E-state index contributed by atoms with van der Waals surface area (Å²) >= 11 is 7.07. The van der Waals surface area contributed by atoms with Crippen LogP contribution in [0.4, 0.5) is 0 Å². The minimum atomic E-state index is 0.547. The van der Waals surface area contributed by atoms with Gasteiger partial charge in [-0.3, -0.25) is 0 Å². The van der Waals surface area contributed by atoms with Crippen molar-refractivity contribution in [3.8, 4) is 5.75 Å². The first-order chi connectivity index (χ1) is 9.20. The maximum Gasteiger partial charge on any atom is 0.134 e. The summed E-state index contributed by atoms with van der Waals surface area (Å²) in [6.45, 7) is 1.40. The highest BCUT2D eigenvalue weighted by Crippen LogP contribution is 2.27. The molecule has 100 valence electrons. The van der Waals surface area contributed by atoms with Gasteiger partial charge in [0, 0.05) is 16.6 Å². The molecule has 0 saturated carbocycles. The number of benzene rings is 2. The molecule has 0 atom stereocenters. The van der Waals surface area contributed by atoms with Gasteiger partial charge in [-0.05, 0) is 46.7 Å². The molecule has 2 aromatic rings. The lowest BCUT2D eigenvalue weighted by Crippen LogP contribution is -2.05. The number of rotatable bonds is 5. The molecule has 2 nitrogen and oxygen atoms in total. The molecule has 0 aromatic heterocycles. The van der Waals surface area contributed by atoms with Gasteiger partial charge in [-0.1, -0.05) is 40.2 Å². The average Bonchev–Trinajstić information content (AvgIpc) is 2.40. The van der Waals surface area contributed by atoms with Crippen molar-refractivity contribution in [1.29, 1.82) is 0 Å². The van der Waals surface area contributed by atoms with Crippen molar-refractivity contribution in [1.82, 2.24) is 5.32 Å². The number of nitrogens with one attached hydrogen (secondary N) is 1. The standard InChI is InChI=1S/C15H15Br2NO/c1-18-9-11-6-7-15(14(17)8-11)19-10-12-4-2-3-5-13(12)16/h2-8,18H,9-10H2,1H3. The van der Waals surface area contributed by atoms with E-state index in [0.29, 0.717) is 6.61 Å². The molecule has 4 heteroatoms. The molecule has 0 radical (unpaired) electrons. The van der Waals surface area contributed by atoms with E-state index in [0.717, 1.165) is 26.8 Å². The molecule has 2 aromatic carbocycles. The summed E-state index contributed by atoms with van der Waals surface area (Å²) in [5, 5.41) is 3.13. The third-order valence-corrected chi connectivity index (χ3v) is 4.11. The van der Waals surface area contributed by atoms with Crippen molar-refractivity contribution in [2.24, 2.45) is 0 Å². The Kier molecular flexibility index (Phi) is 5.43. The average molecular weight is 385 g/mol. The Morgan fingerprint density at radius 3 is 2.53 bits per heavy atom. The zero-order valence-corrected chi connectivity index (χ0v) is 13.8. The maximum atomic E-state index is 5.84. The van der Waals surface area contributed by atoms with Crippen LogP contribution >= 0.6 is 31.9 Å². The lowest BCUT2D eigenvalue weighted by Gasteiger charge is -2.10. The molecule has 2 rings (SSSR count). The number of ether oxygens (including phenoxy) is 1. The number of halogens is 2. The topological polar surface area (TPSA) is 21.3 Å². The van der Waals surface area contributed by atoms with Crippen LogP contribution in [0, 0.1) is 0 Å². The van der Waals surface area contributed by atoms with Gasteiger partial charge < -0.3 is 10.1 Å². The van der Waals surface area contributed by atoms with E-state index >= 15 is 0 Å². The Balaban J connectivity index is 2.06. The molecule has 0 unspecified atom stereocenters. The highest BCUT2D eigenvalue weighted by atomic mass is 79.9. The lowest BCUT2D eigenvalue weighted by molar-refractivity contribution is 0.303. The minimum absolute atomic E-state index is 0.547. The molecular weight excluding hydrogens is 370 g/mol. The van der Waals surface area contributed by atoms with E-state index in [4.69, 9.17) is 4.74 Å². The van der Waals surface area contributed by atoms with Crippen molar-refractivity contribution in [2.75, 3.05) is 7.05 Å². The summed E-state index contributed by atoms with van der Waals surface area (Å²) in [6, 6.07) is 14.2. The first-order valence-electron chi connectivity index (χ1n) is 6.00. The number of hydrogen-bond acceptors (Lipinski definition) is 2. The van der Waals surface area contributed by atoms with Crippen LogP contribution in [0.15, 0.2) is 51.4 Å². The van der Waals surface area contributed by atoms with Gasteiger partial charge in [0.2, 0.25) is 0 Å². The van der Waals surface area contributed by atoms with Crippen LogP contribution in [-0.4, -0.2) is 7.05 Å². The Hall–Kier alpha value is -0.840. The summed E-state index contributed by atoms with van der Waals surface area (Å²) < 4.78 is 7.89. The molecular formula is C15H15Br2NO. The van der Waals surface area contributed by atoms with E-state index in [2.05, 4.69) is 49.3 Å². The molecule has 0 aliphatic heterocycles. The first-order valence-corrected chi connectivity index (χ1v) is 7.58. The van der Waals surface area contributed by atoms with E-state index in [-0.39, 0.29) is 0 Å². The first kappa shape index (κ1) is 14.6. The summed E-state index contributed by atoms with van der Waals surface area (Å²) in [4.78, 5) is 0. The van der Waals surface area contributed by atoms with Crippen LogP contribution < -0.4 is 10.1 Å². The van der Waals surface area contributed by atoms with Gasteiger partial charge >= 0.3 is 0 Å². The smallest absolute Gasteiger partial charge is 0.134 e. The molecule has 0 aliphatic carbocycles. The van der Waals surface area contributed by atoms with Gasteiger partial charge in [-0.2, -0.15) is 0 Å². The van der Waals surface area contributed by atoms with E-state index in [1.165, 1.54) is 5.56 Å². The third kappa shape index (κ3) is 4.06. The van der Waals surface area contributed by atoms with Crippen molar-refractivity contribution >= 4 is 31.9 Å². The molecule has 1 N–H and O–H groups in total. The van der Waals surface area contributed by atoms with E-state index in [1.807, 2.05) is 37.4 Å². The van der Waals surface area contributed by atoms with E-state index in [1.54, 1.807) is 0 Å².